The Morgan fingerprint density at radius 2 is 1.05 bits per heavy atom. The van der Waals surface area contributed by atoms with E-state index in [1.807, 2.05) is 12.4 Å². The summed E-state index contributed by atoms with van der Waals surface area (Å²) in [5.41, 5.74) is 12.9. The van der Waals surface area contributed by atoms with Crippen molar-refractivity contribution in [3.05, 3.63) is 199 Å². The lowest BCUT2D eigenvalue weighted by Gasteiger charge is -2.40. The minimum absolute atomic E-state index is 0.00455. The number of nitrogens with one attached hydrogen (secondary N) is 3. The quantitative estimate of drug-likeness (QED) is 0.160. The van der Waals surface area contributed by atoms with Crippen LogP contribution in [0.2, 0.25) is 0 Å². The van der Waals surface area contributed by atoms with E-state index in [2.05, 4.69) is 195 Å². The summed E-state index contributed by atoms with van der Waals surface area (Å²) in [6.07, 6.45) is 12.5. The second-order valence-corrected chi connectivity index (χ2v) is 14.9. The van der Waals surface area contributed by atoms with E-state index in [1.54, 1.807) is 0 Å². The molecule has 56 heavy (non-hydrogen) atoms. The summed E-state index contributed by atoms with van der Waals surface area (Å²) >= 11 is 0. The maximum Gasteiger partial charge on any atom is 0.0880 e. The average Bonchev–Trinajstić information content (AvgIpc) is 3.78. The molecule has 6 nitrogen and oxygen atoms in total. The van der Waals surface area contributed by atoms with E-state index in [9.17, 15) is 0 Å². The monoisotopic (exact) mass is 724 g/mol. The van der Waals surface area contributed by atoms with Crippen molar-refractivity contribution >= 4 is 43.6 Å². The zero-order chi connectivity index (χ0) is 37.0. The molecule has 270 valence electrons. The van der Waals surface area contributed by atoms with Crippen LogP contribution in [0.1, 0.15) is 36.3 Å². The molecule has 1 fully saturated rings. The molecule has 0 bridgehead atoms. The number of pyridine rings is 1. The van der Waals surface area contributed by atoms with Crippen molar-refractivity contribution in [2.45, 2.75) is 31.3 Å². The van der Waals surface area contributed by atoms with Gasteiger partial charge in [0.2, 0.25) is 0 Å². The van der Waals surface area contributed by atoms with Gasteiger partial charge in [0.25, 0.3) is 0 Å². The van der Waals surface area contributed by atoms with Gasteiger partial charge in [-0.05, 0) is 77.6 Å². The number of benzene rings is 6. The molecule has 4 heterocycles. The third kappa shape index (κ3) is 5.57. The highest BCUT2D eigenvalue weighted by molar-refractivity contribution is 6.19. The van der Waals surface area contributed by atoms with Crippen LogP contribution in [-0.4, -0.2) is 20.3 Å². The lowest BCUT2D eigenvalue weighted by Crippen LogP contribution is -2.59. The number of aromatic nitrogens is 3. The van der Waals surface area contributed by atoms with E-state index >= 15 is 0 Å². The van der Waals surface area contributed by atoms with Gasteiger partial charge in [-0.25, -0.2) is 0 Å². The van der Waals surface area contributed by atoms with E-state index in [0.29, 0.717) is 0 Å². The molecule has 11 rings (SSSR count). The fourth-order valence-electron chi connectivity index (χ4n) is 8.89. The Hall–Kier alpha value is -6.57. The second-order valence-electron chi connectivity index (χ2n) is 14.9. The highest BCUT2D eigenvalue weighted by Gasteiger charge is 2.31. The summed E-state index contributed by atoms with van der Waals surface area (Å²) in [4.78, 5) is 4.92. The molecule has 1 aliphatic heterocycles. The zero-order valence-corrected chi connectivity index (χ0v) is 30.8. The van der Waals surface area contributed by atoms with Crippen molar-refractivity contribution in [3.63, 3.8) is 0 Å². The molecule has 0 radical (unpaired) electrons. The van der Waals surface area contributed by atoms with Crippen molar-refractivity contribution in [2.24, 2.45) is 0 Å². The summed E-state index contributed by atoms with van der Waals surface area (Å²) in [7, 11) is 0. The molecule has 3 aromatic heterocycles. The van der Waals surface area contributed by atoms with Gasteiger partial charge in [-0.2, -0.15) is 0 Å². The van der Waals surface area contributed by atoms with E-state index < -0.39 is 0 Å². The van der Waals surface area contributed by atoms with Gasteiger partial charge < -0.3 is 9.13 Å². The molecule has 1 aliphatic carbocycles. The van der Waals surface area contributed by atoms with Crippen molar-refractivity contribution in [3.8, 4) is 22.5 Å². The van der Waals surface area contributed by atoms with Gasteiger partial charge in [0, 0.05) is 39.0 Å². The van der Waals surface area contributed by atoms with Crippen LogP contribution < -0.4 is 16.0 Å². The van der Waals surface area contributed by atoms with E-state index in [0.717, 1.165) is 40.8 Å². The van der Waals surface area contributed by atoms with Crippen LogP contribution in [-0.2, 0) is 0 Å². The number of allylic oxidation sites excluding steroid dienone is 3. The number of hydrogen-bond acceptors (Lipinski definition) is 4. The van der Waals surface area contributed by atoms with Crippen LogP contribution >= 0.6 is 0 Å². The maximum absolute atomic E-state index is 4.92. The highest BCUT2D eigenvalue weighted by atomic mass is 15.4. The third-order valence-corrected chi connectivity index (χ3v) is 11.6. The smallest absolute Gasteiger partial charge is 0.0880 e. The van der Waals surface area contributed by atoms with E-state index in [4.69, 9.17) is 4.98 Å². The van der Waals surface area contributed by atoms with Gasteiger partial charge in [0.05, 0.1) is 52.4 Å². The number of fused-ring (bicyclic) bond motifs is 6. The minimum Gasteiger partial charge on any atom is -0.309 e. The topological polar surface area (TPSA) is 58.8 Å². The molecule has 1 saturated heterocycles. The largest absolute Gasteiger partial charge is 0.309 e. The molecule has 9 aromatic rings. The number of hydrogen-bond donors (Lipinski definition) is 3. The van der Waals surface area contributed by atoms with Crippen molar-refractivity contribution in [2.75, 3.05) is 0 Å². The average molecular weight is 725 g/mol. The van der Waals surface area contributed by atoms with Gasteiger partial charge >= 0.3 is 0 Å². The van der Waals surface area contributed by atoms with Gasteiger partial charge in [0.1, 0.15) is 0 Å². The molecule has 6 heteroatoms. The van der Waals surface area contributed by atoms with Crippen LogP contribution in [0.3, 0.4) is 0 Å². The summed E-state index contributed by atoms with van der Waals surface area (Å²) in [5, 5.41) is 16.6. The molecule has 3 atom stereocenters. The first-order valence-electron chi connectivity index (χ1n) is 19.5. The highest BCUT2D eigenvalue weighted by Crippen LogP contribution is 2.40. The van der Waals surface area contributed by atoms with Gasteiger partial charge in [-0.1, -0.05) is 127 Å². The van der Waals surface area contributed by atoms with Gasteiger partial charge in [-0.15, -0.1) is 0 Å². The van der Waals surface area contributed by atoms with Gasteiger partial charge in [-0.3, -0.25) is 20.9 Å². The van der Waals surface area contributed by atoms with Crippen LogP contribution in [0.4, 0.5) is 0 Å². The van der Waals surface area contributed by atoms with Crippen LogP contribution in [0.5, 0.6) is 0 Å². The lowest BCUT2D eigenvalue weighted by molar-refractivity contribution is 0.219. The Bertz CT molecular complexity index is 2960. The van der Waals surface area contributed by atoms with Crippen LogP contribution in [0, 0.1) is 0 Å². The Morgan fingerprint density at radius 3 is 1.73 bits per heavy atom. The third-order valence-electron chi connectivity index (χ3n) is 11.6. The fraction of sp³-hybridized carbons (Fsp3) is 0.100. The van der Waals surface area contributed by atoms with Crippen LogP contribution in [0.25, 0.3) is 66.1 Å². The predicted octanol–water partition coefficient (Wildman–Crippen LogP) is 11.0. The minimum atomic E-state index is -0.153. The zero-order valence-electron chi connectivity index (χ0n) is 30.8. The standard InChI is InChI=1S/C50H40N6/c1-4-14-33(15-5-1)34-24-26-36(27-25-34)49-52-48(35-16-6-2-7-17-35)53-50(54-49)37-28-39(32-51-31-37)56-45-23-13-11-21-41(45)43-29-42-40-20-10-12-22-44(40)55(46(42)30-47(43)56)38-18-8-3-9-19-38/h1-6,8-16,18-32,48-50,52-54H,7,17H2. The second kappa shape index (κ2) is 13.6. The molecule has 6 aromatic carbocycles. The summed E-state index contributed by atoms with van der Waals surface area (Å²) in [5.74, 6) is 0. The van der Waals surface area contributed by atoms with E-state index in [-0.39, 0.29) is 18.5 Å². The first kappa shape index (κ1) is 32.8. The lowest BCUT2D eigenvalue weighted by atomic mass is 9.98. The van der Waals surface area contributed by atoms with Crippen LogP contribution in [0.15, 0.2) is 188 Å². The SMILES string of the molecule is C1=CCCC(C2NC(c3ccc(-c4ccccc4)cc3)NC(c3cncc(-n4c5ccccc5c5cc6c7ccccc7n(-c7ccccc7)c6cc54)c3)N2)=C1. The summed E-state index contributed by atoms with van der Waals surface area (Å²) in [6, 6.07) is 54.7. The molecule has 2 aliphatic rings. The van der Waals surface area contributed by atoms with Crippen molar-refractivity contribution in [1.82, 2.24) is 30.1 Å². The Labute approximate surface area is 325 Å². The maximum atomic E-state index is 4.92. The number of para-hydroxylation sites is 3. The Morgan fingerprint density at radius 1 is 0.464 bits per heavy atom. The fourth-order valence-corrected chi connectivity index (χ4v) is 8.89. The molecular weight excluding hydrogens is 685 g/mol. The summed E-state index contributed by atoms with van der Waals surface area (Å²) in [6.45, 7) is 0. The normalized spacial score (nSPS) is 18.6. The van der Waals surface area contributed by atoms with Gasteiger partial charge in [0.15, 0.2) is 0 Å². The van der Waals surface area contributed by atoms with Crippen molar-refractivity contribution in [1.29, 1.82) is 0 Å². The molecule has 0 spiro atoms. The Kier molecular flexibility index (Phi) is 7.98. The molecule has 0 saturated carbocycles. The van der Waals surface area contributed by atoms with Crippen molar-refractivity contribution < 1.29 is 0 Å². The first-order valence-corrected chi connectivity index (χ1v) is 19.5. The Balaban J connectivity index is 1.03. The number of nitrogens with zero attached hydrogens (tertiary/aromatic N) is 3. The molecular formula is C50H40N6. The number of rotatable bonds is 6. The first-order chi connectivity index (χ1) is 27.8. The summed E-state index contributed by atoms with van der Waals surface area (Å²) < 4.78 is 4.78. The molecule has 0 amide bonds. The molecule has 3 N–H and O–H groups in total. The predicted molar refractivity (Wildman–Crippen MR) is 230 cm³/mol. The molecule has 3 unspecified atom stereocenters. The van der Waals surface area contributed by atoms with E-state index in [1.165, 1.54) is 54.8 Å².